The summed E-state index contributed by atoms with van der Waals surface area (Å²) in [4.78, 5) is 27.8. The summed E-state index contributed by atoms with van der Waals surface area (Å²) < 4.78 is 37.5. The first-order valence-corrected chi connectivity index (χ1v) is 11.1. The van der Waals surface area contributed by atoms with Crippen molar-refractivity contribution in [2.75, 3.05) is 53.0 Å². The van der Waals surface area contributed by atoms with Crippen LogP contribution in [0.4, 0.5) is 4.79 Å². The number of ether oxygens (including phenoxy) is 2. The molecule has 28 heavy (non-hydrogen) atoms. The van der Waals surface area contributed by atoms with Crippen LogP contribution >= 0.6 is 15.9 Å². The van der Waals surface area contributed by atoms with Crippen molar-refractivity contribution in [3.05, 3.63) is 28.2 Å². The third-order valence-corrected chi connectivity index (χ3v) is 6.32. The number of nitrogens with one attached hydrogen (secondary N) is 1. The van der Waals surface area contributed by atoms with Gasteiger partial charge in [0.2, 0.25) is 10.0 Å². The third-order valence-electron chi connectivity index (χ3n) is 4.17. The molecule has 2 amide bonds. The van der Waals surface area contributed by atoms with Crippen LogP contribution in [-0.4, -0.2) is 83.3 Å². The number of sulfonamides is 1. The first-order valence-electron chi connectivity index (χ1n) is 8.79. The number of rotatable bonds is 7. The number of halogens is 1. The molecule has 1 aromatic rings. The summed E-state index contributed by atoms with van der Waals surface area (Å²) in [6.07, 6.45) is -0.397. The number of carbonyl (C=O) groups excluding carboxylic acids is 2. The lowest BCUT2D eigenvalue weighted by Gasteiger charge is -2.34. The highest BCUT2D eigenvalue weighted by Gasteiger charge is 2.27. The summed E-state index contributed by atoms with van der Waals surface area (Å²) in [5.41, 5.74) is 0.249. The van der Waals surface area contributed by atoms with Gasteiger partial charge >= 0.3 is 6.09 Å². The van der Waals surface area contributed by atoms with Gasteiger partial charge in [-0.2, -0.15) is 0 Å². The zero-order valence-corrected chi connectivity index (χ0v) is 18.2. The molecule has 2 rings (SSSR count). The molecule has 1 saturated heterocycles. The number of hydrogen-bond donors (Lipinski definition) is 1. The van der Waals surface area contributed by atoms with Gasteiger partial charge in [0.1, 0.15) is 0 Å². The summed E-state index contributed by atoms with van der Waals surface area (Å²) in [5, 5.41) is 0. The number of benzene rings is 1. The molecule has 1 N–H and O–H groups in total. The maximum atomic E-state index is 12.9. The Hall–Kier alpha value is -1.69. The Morgan fingerprint density at radius 2 is 1.82 bits per heavy atom. The van der Waals surface area contributed by atoms with Crippen LogP contribution in [0.3, 0.4) is 0 Å². The van der Waals surface area contributed by atoms with E-state index in [0.29, 0.717) is 37.3 Å². The average Bonchev–Trinajstić information content (AvgIpc) is 2.68. The van der Waals surface area contributed by atoms with E-state index in [-0.39, 0.29) is 29.5 Å². The fraction of sp³-hybridized carbons (Fsp3) is 0.529. The van der Waals surface area contributed by atoms with E-state index in [4.69, 9.17) is 9.47 Å². The van der Waals surface area contributed by atoms with Gasteiger partial charge in [-0.3, -0.25) is 4.79 Å². The summed E-state index contributed by atoms with van der Waals surface area (Å²) >= 11 is 3.32. The zero-order chi connectivity index (χ0) is 20.7. The van der Waals surface area contributed by atoms with Gasteiger partial charge in [0.05, 0.1) is 23.7 Å². The van der Waals surface area contributed by atoms with Crippen LogP contribution in [0.25, 0.3) is 0 Å². The minimum Gasteiger partial charge on any atom is -0.450 e. The first-order chi connectivity index (χ1) is 13.3. The van der Waals surface area contributed by atoms with E-state index in [9.17, 15) is 18.0 Å². The molecule has 0 aliphatic carbocycles. The molecule has 1 aromatic carbocycles. The Kier molecular flexibility index (Phi) is 8.23. The Morgan fingerprint density at radius 1 is 1.18 bits per heavy atom. The Morgan fingerprint density at radius 3 is 2.43 bits per heavy atom. The molecule has 11 heteroatoms. The summed E-state index contributed by atoms with van der Waals surface area (Å²) in [5.74, 6) is -0.302. The van der Waals surface area contributed by atoms with Gasteiger partial charge in [-0.15, -0.1) is 0 Å². The Balaban J connectivity index is 2.11. The lowest BCUT2D eigenvalue weighted by Crippen LogP contribution is -2.50. The van der Waals surface area contributed by atoms with Crippen LogP contribution in [0.15, 0.2) is 27.6 Å². The minimum absolute atomic E-state index is 0.000289. The second kappa shape index (κ2) is 10.2. The standard InChI is InChI=1S/C17H24BrN3O6S/c1-3-27-17(23)21-9-7-20(8-10-21)16(22)14-12-13(4-5-15(14)18)28(24,25)19-6-11-26-2/h4-5,12,19H,3,6-11H2,1-2H3. The van der Waals surface area contributed by atoms with E-state index >= 15 is 0 Å². The molecule has 0 atom stereocenters. The van der Waals surface area contributed by atoms with Crippen LogP contribution in [0, 0.1) is 0 Å². The zero-order valence-electron chi connectivity index (χ0n) is 15.8. The molecule has 0 unspecified atom stereocenters. The highest BCUT2D eigenvalue weighted by atomic mass is 79.9. The first kappa shape index (κ1) is 22.6. The molecule has 0 saturated carbocycles. The predicted molar refractivity (Wildman–Crippen MR) is 106 cm³/mol. The van der Waals surface area contributed by atoms with Gasteiger partial charge in [-0.1, -0.05) is 0 Å². The number of carbonyl (C=O) groups is 2. The fourth-order valence-electron chi connectivity index (χ4n) is 2.67. The molecule has 1 heterocycles. The number of hydrogen-bond acceptors (Lipinski definition) is 6. The van der Waals surface area contributed by atoms with Crippen molar-refractivity contribution in [3.8, 4) is 0 Å². The lowest BCUT2D eigenvalue weighted by molar-refractivity contribution is 0.0569. The van der Waals surface area contributed by atoms with Crippen LogP contribution < -0.4 is 4.72 Å². The molecule has 156 valence electrons. The van der Waals surface area contributed by atoms with Gasteiger partial charge in [-0.05, 0) is 41.1 Å². The van der Waals surface area contributed by atoms with E-state index < -0.39 is 16.1 Å². The summed E-state index contributed by atoms with van der Waals surface area (Å²) in [6.45, 7) is 3.81. The van der Waals surface area contributed by atoms with Crippen molar-refractivity contribution in [1.82, 2.24) is 14.5 Å². The molecular formula is C17H24BrN3O6S. The molecular weight excluding hydrogens is 454 g/mol. The summed E-state index contributed by atoms with van der Waals surface area (Å²) in [6, 6.07) is 4.31. The molecule has 1 fully saturated rings. The largest absolute Gasteiger partial charge is 0.450 e. The van der Waals surface area contributed by atoms with E-state index in [2.05, 4.69) is 20.7 Å². The van der Waals surface area contributed by atoms with Gasteiger partial charge < -0.3 is 19.3 Å². The van der Waals surface area contributed by atoms with Crippen molar-refractivity contribution < 1.29 is 27.5 Å². The van der Waals surface area contributed by atoms with Crippen molar-refractivity contribution >= 4 is 38.0 Å². The van der Waals surface area contributed by atoms with E-state index in [0.717, 1.165) is 0 Å². The van der Waals surface area contributed by atoms with Crippen molar-refractivity contribution in [1.29, 1.82) is 0 Å². The van der Waals surface area contributed by atoms with Crippen molar-refractivity contribution in [2.24, 2.45) is 0 Å². The predicted octanol–water partition coefficient (Wildman–Crippen LogP) is 1.29. The smallest absolute Gasteiger partial charge is 0.409 e. The topological polar surface area (TPSA) is 105 Å². The number of piperazine rings is 1. The van der Waals surface area contributed by atoms with Crippen LogP contribution in [0.1, 0.15) is 17.3 Å². The van der Waals surface area contributed by atoms with Gasteiger partial charge in [0, 0.05) is 44.3 Å². The normalized spacial score (nSPS) is 14.8. The minimum atomic E-state index is -3.75. The highest BCUT2D eigenvalue weighted by Crippen LogP contribution is 2.23. The fourth-order valence-corrected chi connectivity index (χ4v) is 4.13. The third kappa shape index (κ3) is 5.66. The highest BCUT2D eigenvalue weighted by molar-refractivity contribution is 9.10. The summed E-state index contributed by atoms with van der Waals surface area (Å²) in [7, 11) is -2.27. The Bertz CT molecular complexity index is 809. The van der Waals surface area contributed by atoms with E-state index in [1.54, 1.807) is 16.7 Å². The van der Waals surface area contributed by atoms with Gasteiger partial charge in [0.25, 0.3) is 5.91 Å². The monoisotopic (exact) mass is 477 g/mol. The number of methoxy groups -OCH3 is 1. The Labute approximate surface area is 173 Å². The van der Waals surface area contributed by atoms with E-state index in [1.165, 1.54) is 25.3 Å². The van der Waals surface area contributed by atoms with Crippen LogP contribution in [0.5, 0.6) is 0 Å². The molecule has 0 aromatic heterocycles. The molecule has 9 nitrogen and oxygen atoms in total. The van der Waals surface area contributed by atoms with E-state index in [1.807, 2.05) is 0 Å². The van der Waals surface area contributed by atoms with Gasteiger partial charge in [0.15, 0.2) is 0 Å². The molecule has 1 aliphatic rings. The van der Waals surface area contributed by atoms with Crippen molar-refractivity contribution in [3.63, 3.8) is 0 Å². The van der Waals surface area contributed by atoms with Crippen LogP contribution in [0.2, 0.25) is 0 Å². The average molecular weight is 478 g/mol. The number of nitrogens with zero attached hydrogens (tertiary/aromatic N) is 2. The second-order valence-electron chi connectivity index (χ2n) is 6.01. The molecule has 0 radical (unpaired) electrons. The quantitative estimate of drug-likeness (QED) is 0.593. The molecule has 0 bridgehead atoms. The van der Waals surface area contributed by atoms with Crippen molar-refractivity contribution in [2.45, 2.75) is 11.8 Å². The second-order valence-corrected chi connectivity index (χ2v) is 8.63. The maximum absolute atomic E-state index is 12.9. The molecule has 1 aliphatic heterocycles. The molecule has 0 spiro atoms. The maximum Gasteiger partial charge on any atom is 0.409 e. The van der Waals surface area contributed by atoms with Gasteiger partial charge in [-0.25, -0.2) is 17.9 Å². The SMILES string of the molecule is CCOC(=O)N1CCN(C(=O)c2cc(S(=O)(=O)NCCOC)ccc2Br)CC1. The lowest BCUT2D eigenvalue weighted by atomic mass is 10.2. The van der Waals surface area contributed by atoms with Crippen LogP contribution in [-0.2, 0) is 19.5 Å². The number of amides is 2.